The third-order valence-corrected chi connectivity index (χ3v) is 3.14. The Hall–Kier alpha value is -2.07. The lowest BCUT2D eigenvalue weighted by Gasteiger charge is -2.01. The Labute approximate surface area is 95.0 Å². The summed E-state index contributed by atoms with van der Waals surface area (Å²) in [6.07, 6.45) is 1.51. The lowest BCUT2D eigenvalue weighted by atomic mass is 10.0. The molecule has 1 aliphatic carbocycles. The van der Waals surface area contributed by atoms with Crippen molar-refractivity contribution in [2.24, 2.45) is 0 Å². The summed E-state index contributed by atoms with van der Waals surface area (Å²) < 4.78 is 0. The quantitative estimate of drug-likeness (QED) is 0.597. The highest BCUT2D eigenvalue weighted by molar-refractivity contribution is 5.76. The molecule has 1 nitrogen and oxygen atoms in total. The smallest absolute Gasteiger partial charge is 0.0669 e. The van der Waals surface area contributed by atoms with Crippen LogP contribution in [-0.4, -0.2) is 0 Å². The predicted octanol–water partition coefficient (Wildman–Crippen LogP) is 3.32. The van der Waals surface area contributed by atoms with Gasteiger partial charge in [0, 0.05) is 0 Å². The van der Waals surface area contributed by atoms with Crippen molar-refractivity contribution in [1.29, 1.82) is 5.26 Å². The minimum Gasteiger partial charge on any atom is -0.198 e. The molecule has 1 heteroatoms. The number of rotatable bonds is 1. The Balaban J connectivity index is 2.11. The second-order valence-corrected chi connectivity index (χ2v) is 4.16. The maximum absolute atomic E-state index is 8.69. The van der Waals surface area contributed by atoms with Crippen molar-refractivity contribution in [2.75, 3.05) is 0 Å². The molecule has 16 heavy (non-hydrogen) atoms. The molecule has 76 valence electrons. The van der Waals surface area contributed by atoms with Crippen LogP contribution in [-0.2, 0) is 12.8 Å². The number of fused-ring (bicyclic) bond motifs is 3. The molecule has 2 aromatic carbocycles. The fourth-order valence-electron chi connectivity index (χ4n) is 2.40. The fraction of sp³-hybridized carbons (Fsp3) is 0.133. The zero-order chi connectivity index (χ0) is 11.0. The zero-order valence-corrected chi connectivity index (χ0v) is 8.90. The van der Waals surface area contributed by atoms with E-state index in [1.165, 1.54) is 22.3 Å². The first-order chi connectivity index (χ1) is 7.88. The molecule has 0 amide bonds. The summed E-state index contributed by atoms with van der Waals surface area (Å²) in [5.41, 5.74) is 6.55. The van der Waals surface area contributed by atoms with Crippen molar-refractivity contribution in [3.8, 4) is 17.2 Å². The average Bonchev–Trinajstić information content (AvgIpc) is 2.67. The van der Waals surface area contributed by atoms with Crippen LogP contribution in [0.25, 0.3) is 11.1 Å². The van der Waals surface area contributed by atoms with E-state index in [9.17, 15) is 0 Å². The molecule has 0 bridgehead atoms. The van der Waals surface area contributed by atoms with E-state index in [-0.39, 0.29) is 0 Å². The molecular formula is C15H11N. The lowest BCUT2D eigenvalue weighted by molar-refractivity contribution is 1.21. The molecule has 0 N–H and O–H groups in total. The van der Waals surface area contributed by atoms with Gasteiger partial charge in [-0.15, -0.1) is 0 Å². The van der Waals surface area contributed by atoms with E-state index in [1.807, 2.05) is 0 Å². The monoisotopic (exact) mass is 205 g/mol. The number of benzene rings is 2. The number of nitriles is 1. The summed E-state index contributed by atoms with van der Waals surface area (Å²) in [5.74, 6) is 0. The van der Waals surface area contributed by atoms with Crippen LogP contribution >= 0.6 is 0 Å². The van der Waals surface area contributed by atoms with Crippen molar-refractivity contribution >= 4 is 0 Å². The van der Waals surface area contributed by atoms with Crippen LogP contribution in [0.3, 0.4) is 0 Å². The van der Waals surface area contributed by atoms with Gasteiger partial charge in [-0.3, -0.25) is 0 Å². The van der Waals surface area contributed by atoms with Gasteiger partial charge in [0.25, 0.3) is 0 Å². The Morgan fingerprint density at radius 1 is 1.00 bits per heavy atom. The number of hydrogen-bond donors (Lipinski definition) is 0. The minimum atomic E-state index is 0.504. The molecule has 0 saturated heterocycles. The van der Waals surface area contributed by atoms with Gasteiger partial charge in [-0.2, -0.15) is 5.26 Å². The highest BCUT2D eigenvalue weighted by Crippen LogP contribution is 2.36. The van der Waals surface area contributed by atoms with Crippen molar-refractivity contribution in [3.05, 3.63) is 59.2 Å². The topological polar surface area (TPSA) is 23.8 Å². The molecule has 0 spiro atoms. The predicted molar refractivity (Wildman–Crippen MR) is 64.0 cm³/mol. The summed E-state index contributed by atoms with van der Waals surface area (Å²) in [4.78, 5) is 0. The van der Waals surface area contributed by atoms with Crippen molar-refractivity contribution in [2.45, 2.75) is 12.8 Å². The van der Waals surface area contributed by atoms with Crippen LogP contribution in [0.15, 0.2) is 42.5 Å². The molecule has 0 fully saturated rings. The molecule has 0 heterocycles. The van der Waals surface area contributed by atoms with Crippen LogP contribution in [0.4, 0.5) is 0 Å². The third-order valence-electron chi connectivity index (χ3n) is 3.14. The van der Waals surface area contributed by atoms with Gasteiger partial charge >= 0.3 is 0 Å². The molecule has 1 aliphatic rings. The Morgan fingerprint density at radius 2 is 1.81 bits per heavy atom. The van der Waals surface area contributed by atoms with Crippen molar-refractivity contribution in [1.82, 2.24) is 0 Å². The van der Waals surface area contributed by atoms with Crippen LogP contribution in [0.1, 0.15) is 16.7 Å². The van der Waals surface area contributed by atoms with Crippen LogP contribution in [0.5, 0.6) is 0 Å². The molecule has 0 saturated carbocycles. The van der Waals surface area contributed by atoms with Gasteiger partial charge in [0.2, 0.25) is 0 Å². The van der Waals surface area contributed by atoms with E-state index in [2.05, 4.69) is 48.5 Å². The van der Waals surface area contributed by atoms with E-state index in [0.29, 0.717) is 6.42 Å². The normalized spacial score (nSPS) is 11.7. The first-order valence-electron chi connectivity index (χ1n) is 5.45. The molecule has 0 aliphatic heterocycles. The zero-order valence-electron chi connectivity index (χ0n) is 8.90. The molecular weight excluding hydrogens is 194 g/mol. The van der Waals surface area contributed by atoms with Gasteiger partial charge in [0.05, 0.1) is 12.5 Å². The largest absolute Gasteiger partial charge is 0.198 e. The average molecular weight is 205 g/mol. The van der Waals surface area contributed by atoms with Gasteiger partial charge in [-0.25, -0.2) is 0 Å². The first kappa shape index (κ1) is 9.18. The molecule has 3 rings (SSSR count). The summed E-state index contributed by atoms with van der Waals surface area (Å²) >= 11 is 0. The Morgan fingerprint density at radius 3 is 2.69 bits per heavy atom. The summed E-state index contributed by atoms with van der Waals surface area (Å²) in [5, 5.41) is 8.69. The number of hydrogen-bond acceptors (Lipinski definition) is 1. The lowest BCUT2D eigenvalue weighted by Crippen LogP contribution is -1.85. The number of nitrogens with zero attached hydrogens (tertiary/aromatic N) is 1. The third kappa shape index (κ3) is 1.31. The van der Waals surface area contributed by atoms with Gasteiger partial charge in [0.1, 0.15) is 0 Å². The van der Waals surface area contributed by atoms with E-state index >= 15 is 0 Å². The fourth-order valence-corrected chi connectivity index (χ4v) is 2.40. The Bertz CT molecular complexity index is 591. The van der Waals surface area contributed by atoms with Gasteiger partial charge in [-0.05, 0) is 34.2 Å². The van der Waals surface area contributed by atoms with Crippen LogP contribution < -0.4 is 0 Å². The summed E-state index contributed by atoms with van der Waals surface area (Å²) in [7, 11) is 0. The first-order valence-corrected chi connectivity index (χ1v) is 5.45. The maximum Gasteiger partial charge on any atom is 0.0669 e. The maximum atomic E-state index is 8.69. The van der Waals surface area contributed by atoms with Gasteiger partial charge < -0.3 is 0 Å². The Kier molecular flexibility index (Phi) is 2.01. The van der Waals surface area contributed by atoms with Crippen molar-refractivity contribution in [3.63, 3.8) is 0 Å². The highest BCUT2D eigenvalue weighted by atomic mass is 14.2. The molecule has 0 unspecified atom stereocenters. The van der Waals surface area contributed by atoms with Crippen LogP contribution in [0, 0.1) is 11.3 Å². The molecule has 0 radical (unpaired) electrons. The van der Waals surface area contributed by atoms with E-state index < -0.39 is 0 Å². The molecule has 0 aromatic heterocycles. The SMILES string of the molecule is N#CCc1ccc2c(c1)Cc1ccccc1-2. The van der Waals surface area contributed by atoms with Gasteiger partial charge in [0.15, 0.2) is 0 Å². The highest BCUT2D eigenvalue weighted by Gasteiger charge is 2.17. The summed E-state index contributed by atoms with van der Waals surface area (Å²) in [6.45, 7) is 0. The van der Waals surface area contributed by atoms with Crippen molar-refractivity contribution < 1.29 is 0 Å². The second kappa shape index (κ2) is 3.50. The van der Waals surface area contributed by atoms with Gasteiger partial charge in [-0.1, -0.05) is 42.5 Å². The standard InChI is InChI=1S/C15H11N/c16-8-7-11-5-6-15-13(9-11)10-12-3-1-2-4-14(12)15/h1-6,9H,7,10H2. The van der Waals surface area contributed by atoms with E-state index in [4.69, 9.17) is 5.26 Å². The van der Waals surface area contributed by atoms with E-state index in [0.717, 1.165) is 12.0 Å². The summed E-state index contributed by atoms with van der Waals surface area (Å²) in [6, 6.07) is 17.1. The molecule has 0 atom stereocenters. The van der Waals surface area contributed by atoms with E-state index in [1.54, 1.807) is 0 Å². The molecule has 2 aromatic rings. The second-order valence-electron chi connectivity index (χ2n) is 4.16. The van der Waals surface area contributed by atoms with Crippen LogP contribution in [0.2, 0.25) is 0 Å². The minimum absolute atomic E-state index is 0.504.